The minimum Gasteiger partial charge on any atom is -0.205 e. The van der Waals surface area contributed by atoms with E-state index in [1.54, 1.807) is 0 Å². The number of aryl methyl sites for hydroxylation is 4. The number of fused-ring (bicyclic) bond motifs is 4. The van der Waals surface area contributed by atoms with Gasteiger partial charge >= 0.3 is 0 Å². The van der Waals surface area contributed by atoms with Crippen LogP contribution in [0.25, 0.3) is 0 Å². The molecule has 3 rings (SSSR count). The fourth-order valence-corrected chi connectivity index (χ4v) is 5.50. The smallest absolute Gasteiger partial charge is 0.171 e. The number of allylic oxidation sites excluding steroid dienone is 2. The van der Waals surface area contributed by atoms with Crippen LogP contribution in [0.4, 0.5) is 0 Å². The molecule has 198 valence electrons. The van der Waals surface area contributed by atoms with Crippen LogP contribution in [0.15, 0.2) is 61.2 Å². The molecule has 36 heavy (non-hydrogen) atoms. The van der Waals surface area contributed by atoms with E-state index in [1.807, 2.05) is 0 Å². The van der Waals surface area contributed by atoms with E-state index < -0.39 is 0 Å². The average Bonchev–Trinajstić information content (AvgIpc) is 2.90. The topological polar surface area (TPSA) is 7.76 Å². The van der Waals surface area contributed by atoms with Gasteiger partial charge < -0.3 is 0 Å². The first-order chi connectivity index (χ1) is 17.9. The highest BCUT2D eigenvalue weighted by Crippen LogP contribution is 2.13. The lowest BCUT2D eigenvalue weighted by Crippen LogP contribution is -2.33. The molecule has 1 aliphatic heterocycles. The van der Waals surface area contributed by atoms with E-state index >= 15 is 0 Å². The molecular formula is C34H54N2+2. The Kier molecular flexibility index (Phi) is 15.3. The molecule has 0 fully saturated rings. The second kappa shape index (κ2) is 19.2. The third kappa shape index (κ3) is 13.4. The monoisotopic (exact) mass is 490 g/mol. The van der Waals surface area contributed by atoms with Gasteiger partial charge in [-0.1, -0.05) is 69.9 Å². The summed E-state index contributed by atoms with van der Waals surface area (Å²) in [6.45, 7) is 2.34. The molecule has 0 saturated carbocycles. The number of aromatic nitrogens is 2. The Hall–Kier alpha value is -1.96. The first kappa shape index (κ1) is 28.6. The third-order valence-corrected chi connectivity index (χ3v) is 7.76. The molecule has 2 heteroatoms. The van der Waals surface area contributed by atoms with E-state index in [2.05, 4.69) is 70.3 Å². The number of rotatable bonds is 0. The number of pyridine rings is 2. The zero-order valence-electron chi connectivity index (χ0n) is 23.2. The first-order valence-corrected chi connectivity index (χ1v) is 15.5. The van der Waals surface area contributed by atoms with Gasteiger partial charge in [0.05, 0.1) is 0 Å². The van der Waals surface area contributed by atoms with E-state index in [1.165, 1.54) is 146 Å². The minimum absolute atomic E-state index is 1.16. The van der Waals surface area contributed by atoms with Crippen LogP contribution >= 0.6 is 0 Å². The maximum atomic E-state index is 2.42. The highest BCUT2D eigenvalue weighted by Gasteiger charge is 2.05. The molecule has 0 spiro atoms. The van der Waals surface area contributed by atoms with Crippen LogP contribution in [0.3, 0.4) is 0 Å². The summed E-state index contributed by atoms with van der Waals surface area (Å²) >= 11 is 0. The van der Waals surface area contributed by atoms with E-state index in [-0.39, 0.29) is 0 Å². The highest BCUT2D eigenvalue weighted by molar-refractivity contribution is 5.05. The summed E-state index contributed by atoms with van der Waals surface area (Å²) in [5, 5.41) is 0. The molecule has 1 aliphatic rings. The van der Waals surface area contributed by atoms with Gasteiger partial charge in [0.15, 0.2) is 24.8 Å². The van der Waals surface area contributed by atoms with Crippen molar-refractivity contribution in [3.8, 4) is 0 Å². The van der Waals surface area contributed by atoms with Crippen molar-refractivity contribution < 1.29 is 9.13 Å². The van der Waals surface area contributed by atoms with Gasteiger partial charge in [-0.05, 0) is 69.9 Å². The number of hydrogen-bond acceptors (Lipinski definition) is 0. The number of nitrogens with zero attached hydrogens (tertiary/aromatic N) is 2. The summed E-state index contributed by atoms with van der Waals surface area (Å²) in [5.41, 5.74) is 3.03. The van der Waals surface area contributed by atoms with Crippen LogP contribution in [0.2, 0.25) is 0 Å². The Balaban J connectivity index is 1.39. The zero-order valence-corrected chi connectivity index (χ0v) is 23.2. The lowest BCUT2D eigenvalue weighted by molar-refractivity contribution is -0.697. The van der Waals surface area contributed by atoms with Crippen molar-refractivity contribution in [2.75, 3.05) is 0 Å². The third-order valence-electron chi connectivity index (χ3n) is 7.76. The van der Waals surface area contributed by atoms with Crippen LogP contribution in [0.5, 0.6) is 0 Å². The fraction of sp³-hybridized carbons (Fsp3) is 0.647. The second-order valence-electron chi connectivity index (χ2n) is 11.1. The van der Waals surface area contributed by atoms with Gasteiger partial charge in [0, 0.05) is 36.1 Å². The van der Waals surface area contributed by atoms with Crippen molar-refractivity contribution in [1.29, 1.82) is 0 Å². The van der Waals surface area contributed by atoms with Crippen LogP contribution in [0, 0.1) is 0 Å². The van der Waals surface area contributed by atoms with Crippen LogP contribution in [-0.2, 0) is 25.9 Å². The van der Waals surface area contributed by atoms with Crippen molar-refractivity contribution in [3.05, 3.63) is 72.3 Å². The van der Waals surface area contributed by atoms with Gasteiger partial charge in [0.2, 0.25) is 0 Å². The van der Waals surface area contributed by atoms with Crippen LogP contribution < -0.4 is 9.13 Å². The van der Waals surface area contributed by atoms with Crippen molar-refractivity contribution in [1.82, 2.24) is 0 Å². The summed E-state index contributed by atoms with van der Waals surface area (Å²) in [7, 11) is 0. The van der Waals surface area contributed by atoms with E-state index in [9.17, 15) is 0 Å². The van der Waals surface area contributed by atoms with E-state index in [0.717, 1.165) is 6.54 Å². The zero-order chi connectivity index (χ0) is 24.9. The Morgan fingerprint density at radius 1 is 0.417 bits per heavy atom. The predicted molar refractivity (Wildman–Crippen MR) is 153 cm³/mol. The predicted octanol–water partition coefficient (Wildman–Crippen LogP) is 8.64. The van der Waals surface area contributed by atoms with Crippen LogP contribution in [-0.4, -0.2) is 0 Å². The standard InChI is InChI=1S/C34H54N2/c1-3-7-11-15-19-27-35-29-22-26-34(32-35)24-18-14-10-6-2-4-8-12-16-20-28-36-30-21-25-33(31-36)23-17-13-9-5-1/h3,7,21-22,25-26,29-32H,1-2,4-6,8-20,23-24,27-28H2/q+2/b7-3+. The normalized spacial score (nSPS) is 20.2. The highest BCUT2D eigenvalue weighted by atomic mass is 14.9. The minimum atomic E-state index is 1.16. The molecule has 2 aromatic rings. The molecular weight excluding hydrogens is 436 g/mol. The largest absolute Gasteiger partial charge is 0.205 e. The molecule has 0 saturated heterocycles. The second-order valence-corrected chi connectivity index (χ2v) is 11.1. The SMILES string of the molecule is C1=C/CCCC[n+]2cccc(c2)CCCCCCCCCCCC[n+]2cccc(c2)CCCCCC/1. The maximum absolute atomic E-state index is 2.42. The summed E-state index contributed by atoms with van der Waals surface area (Å²) in [4.78, 5) is 0. The number of hydrogen-bond donors (Lipinski definition) is 0. The van der Waals surface area contributed by atoms with Gasteiger partial charge in [-0.25, -0.2) is 9.13 Å². The summed E-state index contributed by atoms with van der Waals surface area (Å²) in [6.07, 6.45) is 41.0. The molecule has 2 nitrogen and oxygen atoms in total. The molecule has 0 amide bonds. The molecule has 0 unspecified atom stereocenters. The lowest BCUT2D eigenvalue weighted by atomic mass is 10.0. The molecule has 2 aromatic heterocycles. The van der Waals surface area contributed by atoms with Gasteiger partial charge in [-0.15, -0.1) is 0 Å². The summed E-state index contributed by atoms with van der Waals surface area (Å²) in [5.74, 6) is 0. The maximum Gasteiger partial charge on any atom is 0.171 e. The van der Waals surface area contributed by atoms with Crippen molar-refractivity contribution in [2.24, 2.45) is 0 Å². The van der Waals surface area contributed by atoms with Gasteiger partial charge in [0.25, 0.3) is 0 Å². The van der Waals surface area contributed by atoms with Crippen molar-refractivity contribution in [3.63, 3.8) is 0 Å². The van der Waals surface area contributed by atoms with Crippen LogP contribution in [0.1, 0.15) is 127 Å². The van der Waals surface area contributed by atoms with Gasteiger partial charge in [0.1, 0.15) is 13.1 Å². The Bertz CT molecular complexity index is 841. The average molecular weight is 491 g/mol. The van der Waals surface area contributed by atoms with E-state index in [0.29, 0.717) is 0 Å². The molecule has 4 bridgehead atoms. The van der Waals surface area contributed by atoms with Gasteiger partial charge in [-0.2, -0.15) is 0 Å². The molecule has 0 N–H and O–H groups in total. The summed E-state index contributed by atoms with van der Waals surface area (Å²) < 4.78 is 4.83. The molecule has 3 heterocycles. The molecule has 0 aromatic carbocycles. The Morgan fingerprint density at radius 2 is 0.806 bits per heavy atom. The molecule has 0 aliphatic carbocycles. The first-order valence-electron chi connectivity index (χ1n) is 15.5. The van der Waals surface area contributed by atoms with E-state index in [4.69, 9.17) is 0 Å². The molecule has 0 radical (unpaired) electrons. The Morgan fingerprint density at radius 3 is 1.33 bits per heavy atom. The molecule has 0 atom stereocenters. The van der Waals surface area contributed by atoms with Crippen molar-refractivity contribution in [2.45, 2.75) is 142 Å². The Labute approximate surface area is 222 Å². The van der Waals surface area contributed by atoms with Gasteiger partial charge in [-0.3, -0.25) is 0 Å². The fourth-order valence-electron chi connectivity index (χ4n) is 5.50. The quantitative estimate of drug-likeness (QED) is 0.258. The summed E-state index contributed by atoms with van der Waals surface area (Å²) in [6, 6.07) is 9.13. The van der Waals surface area contributed by atoms with Crippen molar-refractivity contribution >= 4 is 0 Å². The lowest BCUT2D eigenvalue weighted by Gasteiger charge is -2.04.